The quantitative estimate of drug-likeness (QED) is 0.854. The maximum atomic E-state index is 5.15. The fourth-order valence-corrected chi connectivity index (χ4v) is 1.59. The Balaban J connectivity index is 1.81. The molecule has 0 N–H and O–H groups in total. The van der Waals surface area contributed by atoms with Crippen LogP contribution in [-0.2, 0) is 12.8 Å². The molecule has 0 aliphatic carbocycles. The highest BCUT2D eigenvalue weighted by atomic mass is 79.9. The lowest BCUT2D eigenvalue weighted by molar-refractivity contribution is 0.486. The number of pyridine rings is 1. The molecule has 2 heterocycles. The monoisotopic (exact) mass is 266 g/mol. The fraction of sp³-hybridized carbons (Fsp3) is 0.273. The van der Waals surface area contributed by atoms with E-state index in [-0.39, 0.29) is 0 Å². The minimum absolute atomic E-state index is 0.798. The van der Waals surface area contributed by atoms with Crippen molar-refractivity contribution >= 4 is 15.9 Å². The maximum Gasteiger partial charge on any atom is 0.193 e. The van der Waals surface area contributed by atoms with Crippen molar-refractivity contribution in [3.63, 3.8) is 0 Å². The normalized spacial score (nSPS) is 10.5. The van der Waals surface area contributed by atoms with Crippen LogP contribution in [0.15, 0.2) is 39.7 Å². The summed E-state index contributed by atoms with van der Waals surface area (Å²) in [5.74, 6) is 0.798. The van der Waals surface area contributed by atoms with Crippen LogP contribution in [0.5, 0.6) is 0 Å². The molecule has 15 heavy (non-hydrogen) atoms. The first-order valence-electron chi connectivity index (χ1n) is 4.83. The Morgan fingerprint density at radius 3 is 2.80 bits per heavy atom. The minimum atomic E-state index is 0.798. The molecule has 4 heteroatoms. The zero-order chi connectivity index (χ0) is 10.5. The van der Waals surface area contributed by atoms with Crippen LogP contribution in [-0.4, -0.2) is 9.97 Å². The van der Waals surface area contributed by atoms with E-state index in [1.807, 2.05) is 18.3 Å². The van der Waals surface area contributed by atoms with Gasteiger partial charge in [-0.1, -0.05) is 0 Å². The van der Waals surface area contributed by atoms with Crippen molar-refractivity contribution in [3.05, 3.63) is 46.8 Å². The Labute approximate surface area is 96.7 Å². The lowest BCUT2D eigenvalue weighted by atomic mass is 10.2. The summed E-state index contributed by atoms with van der Waals surface area (Å²) in [6.07, 6.45) is 7.93. The van der Waals surface area contributed by atoms with Gasteiger partial charge in [-0.2, -0.15) is 0 Å². The first-order chi connectivity index (χ1) is 7.34. The third-order valence-corrected chi connectivity index (χ3v) is 2.56. The lowest BCUT2D eigenvalue weighted by Crippen LogP contribution is -1.92. The van der Waals surface area contributed by atoms with Crippen LogP contribution in [0.2, 0.25) is 0 Å². The largest absolute Gasteiger partial charge is 0.449 e. The second kappa shape index (κ2) is 5.07. The number of aromatic nitrogens is 2. The molecule has 0 aliphatic heterocycles. The number of nitrogens with zero attached hydrogens (tertiary/aromatic N) is 2. The van der Waals surface area contributed by atoms with Crippen LogP contribution in [0.1, 0.15) is 18.0 Å². The summed E-state index contributed by atoms with van der Waals surface area (Å²) < 4.78 is 6.16. The number of oxazole rings is 1. The van der Waals surface area contributed by atoms with E-state index in [1.165, 1.54) is 0 Å². The number of hydrogen-bond acceptors (Lipinski definition) is 3. The standard InChI is InChI=1S/C11H11BrN2O/c12-9-4-5-10(14-8-9)2-1-3-11-13-6-7-15-11/h4-8H,1-3H2. The SMILES string of the molecule is Brc1ccc(CCCc2ncco2)nc1. The van der Waals surface area contributed by atoms with Gasteiger partial charge in [-0.05, 0) is 40.9 Å². The number of halogens is 1. The van der Waals surface area contributed by atoms with Gasteiger partial charge in [0.15, 0.2) is 5.89 Å². The van der Waals surface area contributed by atoms with E-state index in [0.717, 1.165) is 35.3 Å². The first-order valence-corrected chi connectivity index (χ1v) is 5.63. The summed E-state index contributed by atoms with van der Waals surface area (Å²) in [5.41, 5.74) is 1.10. The van der Waals surface area contributed by atoms with Crippen molar-refractivity contribution in [2.75, 3.05) is 0 Å². The van der Waals surface area contributed by atoms with Gasteiger partial charge in [0.2, 0.25) is 0 Å². The van der Waals surface area contributed by atoms with Crippen molar-refractivity contribution in [2.24, 2.45) is 0 Å². The summed E-state index contributed by atoms with van der Waals surface area (Å²) in [5, 5.41) is 0. The third-order valence-electron chi connectivity index (χ3n) is 2.10. The van der Waals surface area contributed by atoms with Gasteiger partial charge in [-0.3, -0.25) is 4.98 Å². The van der Waals surface area contributed by atoms with Crippen LogP contribution in [0.25, 0.3) is 0 Å². The van der Waals surface area contributed by atoms with Gasteiger partial charge in [0.1, 0.15) is 6.26 Å². The Morgan fingerprint density at radius 2 is 2.13 bits per heavy atom. The van der Waals surface area contributed by atoms with E-state index in [2.05, 4.69) is 25.9 Å². The van der Waals surface area contributed by atoms with Crippen LogP contribution >= 0.6 is 15.9 Å². The summed E-state index contributed by atoms with van der Waals surface area (Å²) in [6.45, 7) is 0. The predicted octanol–water partition coefficient (Wildman–Crippen LogP) is 3.01. The summed E-state index contributed by atoms with van der Waals surface area (Å²) in [6, 6.07) is 4.03. The highest BCUT2D eigenvalue weighted by Crippen LogP contribution is 2.09. The van der Waals surface area contributed by atoms with E-state index in [9.17, 15) is 0 Å². The molecule has 0 fully saturated rings. The molecule has 0 spiro atoms. The molecule has 78 valence electrons. The Hall–Kier alpha value is -1.16. The molecular weight excluding hydrogens is 256 g/mol. The molecule has 0 radical (unpaired) electrons. The van der Waals surface area contributed by atoms with Gasteiger partial charge < -0.3 is 4.42 Å². The molecule has 0 atom stereocenters. The Morgan fingerprint density at radius 1 is 1.20 bits per heavy atom. The van der Waals surface area contributed by atoms with Crippen LogP contribution in [0.3, 0.4) is 0 Å². The molecule has 0 saturated carbocycles. The van der Waals surface area contributed by atoms with Crippen LogP contribution in [0, 0.1) is 0 Å². The van der Waals surface area contributed by atoms with Crippen LogP contribution < -0.4 is 0 Å². The van der Waals surface area contributed by atoms with Crippen molar-refractivity contribution < 1.29 is 4.42 Å². The predicted molar refractivity (Wildman–Crippen MR) is 60.5 cm³/mol. The first kappa shape index (κ1) is 10.4. The highest BCUT2D eigenvalue weighted by Gasteiger charge is 1.99. The van der Waals surface area contributed by atoms with Gasteiger partial charge in [0, 0.05) is 22.8 Å². The maximum absolute atomic E-state index is 5.15. The van der Waals surface area contributed by atoms with E-state index in [0.29, 0.717) is 0 Å². The molecule has 2 rings (SSSR count). The average molecular weight is 267 g/mol. The highest BCUT2D eigenvalue weighted by molar-refractivity contribution is 9.10. The molecular formula is C11H11BrN2O. The zero-order valence-electron chi connectivity index (χ0n) is 8.19. The molecule has 0 saturated heterocycles. The summed E-state index contributed by atoms with van der Waals surface area (Å²) in [7, 11) is 0. The average Bonchev–Trinajstić information content (AvgIpc) is 2.74. The third kappa shape index (κ3) is 3.16. The number of aryl methyl sites for hydroxylation is 2. The van der Waals surface area contributed by atoms with Gasteiger partial charge in [-0.25, -0.2) is 4.98 Å². The van der Waals surface area contributed by atoms with E-state index in [1.54, 1.807) is 12.5 Å². The van der Waals surface area contributed by atoms with Gasteiger partial charge in [0.25, 0.3) is 0 Å². The lowest BCUT2D eigenvalue weighted by Gasteiger charge is -1.98. The fourth-order valence-electron chi connectivity index (χ4n) is 1.35. The Kier molecular flexibility index (Phi) is 3.50. The second-order valence-electron chi connectivity index (χ2n) is 3.25. The van der Waals surface area contributed by atoms with Gasteiger partial charge in [-0.15, -0.1) is 0 Å². The molecule has 0 aliphatic rings. The van der Waals surface area contributed by atoms with Crippen molar-refractivity contribution in [1.82, 2.24) is 9.97 Å². The molecule has 0 aromatic carbocycles. The van der Waals surface area contributed by atoms with Gasteiger partial charge >= 0.3 is 0 Å². The molecule has 0 bridgehead atoms. The van der Waals surface area contributed by atoms with Crippen molar-refractivity contribution in [1.29, 1.82) is 0 Å². The molecule has 0 unspecified atom stereocenters. The summed E-state index contributed by atoms with van der Waals surface area (Å²) in [4.78, 5) is 8.37. The Bertz CT molecular complexity index is 397. The smallest absolute Gasteiger partial charge is 0.193 e. The summed E-state index contributed by atoms with van der Waals surface area (Å²) >= 11 is 3.36. The number of hydrogen-bond donors (Lipinski definition) is 0. The zero-order valence-corrected chi connectivity index (χ0v) is 9.77. The van der Waals surface area contributed by atoms with Gasteiger partial charge in [0.05, 0.1) is 6.20 Å². The van der Waals surface area contributed by atoms with E-state index in [4.69, 9.17) is 4.42 Å². The second-order valence-corrected chi connectivity index (χ2v) is 4.16. The van der Waals surface area contributed by atoms with Crippen LogP contribution in [0.4, 0.5) is 0 Å². The molecule has 2 aromatic heterocycles. The number of rotatable bonds is 4. The van der Waals surface area contributed by atoms with E-state index >= 15 is 0 Å². The van der Waals surface area contributed by atoms with Crippen molar-refractivity contribution in [2.45, 2.75) is 19.3 Å². The van der Waals surface area contributed by atoms with Crippen molar-refractivity contribution in [3.8, 4) is 0 Å². The molecule has 0 amide bonds. The molecule has 3 nitrogen and oxygen atoms in total. The van der Waals surface area contributed by atoms with E-state index < -0.39 is 0 Å². The molecule has 2 aromatic rings. The topological polar surface area (TPSA) is 38.9 Å². The minimum Gasteiger partial charge on any atom is -0.449 e.